The number of esters is 2. The van der Waals surface area contributed by atoms with E-state index in [0.717, 1.165) is 0 Å². The molecule has 202 valence electrons. The van der Waals surface area contributed by atoms with Crippen LogP contribution in [0.25, 0.3) is 0 Å². The molecule has 0 radical (unpaired) electrons. The van der Waals surface area contributed by atoms with Gasteiger partial charge < -0.3 is 24.3 Å². The Kier molecular flexibility index (Phi) is 12.8. The van der Waals surface area contributed by atoms with Crippen LogP contribution in [0.1, 0.15) is 81.6 Å². The van der Waals surface area contributed by atoms with Crippen molar-refractivity contribution >= 4 is 30.0 Å². The van der Waals surface area contributed by atoms with Crippen LogP contribution >= 0.6 is 0 Å². The van der Waals surface area contributed by atoms with E-state index in [1.165, 1.54) is 14.0 Å². The van der Waals surface area contributed by atoms with E-state index in [9.17, 15) is 24.0 Å². The number of nitrogens with zero attached hydrogens (tertiary/aromatic N) is 1. The van der Waals surface area contributed by atoms with Gasteiger partial charge in [-0.25, -0.2) is 14.4 Å². The van der Waals surface area contributed by atoms with Gasteiger partial charge in [0.05, 0.1) is 6.61 Å². The minimum absolute atomic E-state index is 0.0118. The molecule has 0 aliphatic rings. The number of carbonyl (C=O) groups is 5. The van der Waals surface area contributed by atoms with Crippen molar-refractivity contribution in [2.75, 3.05) is 13.7 Å². The van der Waals surface area contributed by atoms with Gasteiger partial charge in [-0.1, -0.05) is 13.8 Å². The molecule has 0 saturated carbocycles. The first-order valence-electron chi connectivity index (χ1n) is 11.7. The minimum atomic E-state index is -1.39. The highest BCUT2D eigenvalue weighted by Crippen LogP contribution is 2.21. The number of amides is 3. The summed E-state index contributed by atoms with van der Waals surface area (Å²) in [7, 11) is 1.40. The minimum Gasteiger partial charge on any atom is -0.464 e. The molecular weight excluding hydrogens is 460 g/mol. The lowest BCUT2D eigenvalue weighted by atomic mass is 10.0. The molecule has 1 unspecified atom stereocenters. The zero-order valence-electron chi connectivity index (χ0n) is 22.7. The third-order valence-corrected chi connectivity index (χ3v) is 4.11. The normalized spacial score (nSPS) is 13.3. The second kappa shape index (κ2) is 13.9. The molecule has 0 heterocycles. The second-order valence-electron chi connectivity index (χ2n) is 10.5. The summed E-state index contributed by atoms with van der Waals surface area (Å²) in [4.78, 5) is 63.1. The molecule has 11 nitrogen and oxygen atoms in total. The first kappa shape index (κ1) is 32.1. The SMILES string of the molecule is CNC(=O)C(CCC[C@@H](C(=O)OCC(C)C)N(C(=O)OC(C)(C)C)C(=O)OC(C)(C)C)OC(C)=O. The Hall–Kier alpha value is -2.85. The van der Waals surface area contributed by atoms with E-state index in [1.54, 1.807) is 41.5 Å². The van der Waals surface area contributed by atoms with E-state index in [4.69, 9.17) is 18.9 Å². The third kappa shape index (κ3) is 13.6. The molecule has 0 spiro atoms. The molecule has 0 saturated heterocycles. The summed E-state index contributed by atoms with van der Waals surface area (Å²) in [5.41, 5.74) is -1.91. The fourth-order valence-electron chi connectivity index (χ4n) is 2.75. The molecule has 1 N–H and O–H groups in total. The van der Waals surface area contributed by atoms with Crippen LogP contribution in [0.3, 0.4) is 0 Å². The van der Waals surface area contributed by atoms with Gasteiger partial charge in [-0.05, 0) is 66.7 Å². The van der Waals surface area contributed by atoms with Crippen LogP contribution in [0.15, 0.2) is 0 Å². The maximum absolute atomic E-state index is 13.0. The summed E-state index contributed by atoms with van der Waals surface area (Å²) >= 11 is 0. The lowest BCUT2D eigenvalue weighted by Gasteiger charge is -2.32. The predicted molar refractivity (Wildman–Crippen MR) is 127 cm³/mol. The Morgan fingerprint density at radius 3 is 1.71 bits per heavy atom. The highest BCUT2D eigenvalue weighted by molar-refractivity contribution is 5.94. The first-order chi connectivity index (χ1) is 15.9. The van der Waals surface area contributed by atoms with Crippen molar-refractivity contribution in [1.29, 1.82) is 0 Å². The average Bonchev–Trinajstić information content (AvgIpc) is 2.66. The van der Waals surface area contributed by atoms with Crippen molar-refractivity contribution in [3.63, 3.8) is 0 Å². The number of carbonyl (C=O) groups excluding carboxylic acids is 5. The third-order valence-electron chi connectivity index (χ3n) is 4.11. The summed E-state index contributed by atoms with van der Waals surface area (Å²) in [6, 6.07) is -1.39. The molecular formula is C24H42N2O9. The Morgan fingerprint density at radius 2 is 1.34 bits per heavy atom. The van der Waals surface area contributed by atoms with E-state index >= 15 is 0 Å². The molecule has 0 rings (SSSR count). The summed E-state index contributed by atoms with van der Waals surface area (Å²) in [6.45, 7) is 14.7. The molecule has 11 heteroatoms. The van der Waals surface area contributed by atoms with Crippen molar-refractivity contribution in [3.05, 3.63) is 0 Å². The van der Waals surface area contributed by atoms with Gasteiger partial charge in [-0.15, -0.1) is 0 Å². The number of nitrogens with one attached hydrogen (secondary N) is 1. The van der Waals surface area contributed by atoms with E-state index < -0.39 is 53.4 Å². The maximum atomic E-state index is 13.0. The first-order valence-corrected chi connectivity index (χ1v) is 11.7. The number of likely N-dealkylation sites (N-methyl/N-ethyl adjacent to an activating group) is 1. The molecule has 35 heavy (non-hydrogen) atoms. The number of hydrogen-bond acceptors (Lipinski definition) is 9. The molecule has 0 fully saturated rings. The van der Waals surface area contributed by atoms with Crippen LogP contribution < -0.4 is 5.32 Å². The van der Waals surface area contributed by atoms with E-state index in [2.05, 4.69) is 5.32 Å². The largest absolute Gasteiger partial charge is 0.464 e. The lowest BCUT2D eigenvalue weighted by molar-refractivity contribution is -0.154. The Balaban J connectivity index is 6.04. The van der Waals surface area contributed by atoms with Gasteiger partial charge in [-0.3, -0.25) is 9.59 Å². The fourth-order valence-corrected chi connectivity index (χ4v) is 2.75. The molecule has 0 bridgehead atoms. The van der Waals surface area contributed by atoms with E-state index in [1.807, 2.05) is 13.8 Å². The van der Waals surface area contributed by atoms with Gasteiger partial charge in [0.1, 0.15) is 17.2 Å². The predicted octanol–water partition coefficient (Wildman–Crippen LogP) is 3.57. The van der Waals surface area contributed by atoms with Crippen LogP contribution in [0.4, 0.5) is 9.59 Å². The highest BCUT2D eigenvalue weighted by Gasteiger charge is 2.41. The molecule has 0 aliphatic heterocycles. The highest BCUT2D eigenvalue weighted by atomic mass is 16.6. The smallest absolute Gasteiger partial charge is 0.420 e. The van der Waals surface area contributed by atoms with E-state index in [-0.39, 0.29) is 31.8 Å². The van der Waals surface area contributed by atoms with Crippen LogP contribution in [-0.4, -0.2) is 71.9 Å². The topological polar surface area (TPSA) is 138 Å². The Bertz CT molecular complexity index is 723. The fraction of sp³-hybridized carbons (Fsp3) is 0.792. The quantitative estimate of drug-likeness (QED) is 0.351. The summed E-state index contributed by atoms with van der Waals surface area (Å²) < 4.78 is 21.1. The van der Waals surface area contributed by atoms with Gasteiger partial charge >= 0.3 is 24.1 Å². The van der Waals surface area contributed by atoms with Crippen LogP contribution in [0.2, 0.25) is 0 Å². The Morgan fingerprint density at radius 1 is 0.857 bits per heavy atom. The average molecular weight is 503 g/mol. The molecule has 2 atom stereocenters. The van der Waals surface area contributed by atoms with E-state index in [0.29, 0.717) is 4.90 Å². The zero-order chi connectivity index (χ0) is 27.6. The van der Waals surface area contributed by atoms with Crippen molar-refractivity contribution in [1.82, 2.24) is 10.2 Å². The van der Waals surface area contributed by atoms with Gasteiger partial charge in [0.25, 0.3) is 5.91 Å². The molecule has 3 amide bonds. The van der Waals surface area contributed by atoms with Crippen LogP contribution in [0.5, 0.6) is 0 Å². The van der Waals surface area contributed by atoms with Crippen LogP contribution in [-0.2, 0) is 33.3 Å². The zero-order valence-corrected chi connectivity index (χ0v) is 22.7. The summed E-state index contributed by atoms with van der Waals surface area (Å²) in [5, 5.41) is 2.41. The number of rotatable bonds is 10. The molecule has 0 aromatic heterocycles. The van der Waals surface area contributed by atoms with Gasteiger partial charge in [0.15, 0.2) is 6.10 Å². The monoisotopic (exact) mass is 502 g/mol. The standard InChI is InChI=1S/C24H42N2O9/c1-15(2)14-32-20(29)17(12-11-13-18(19(28)25-10)33-16(3)27)26(21(30)34-23(4,5)6)22(31)35-24(7,8)9/h15,17-18H,11-14H2,1-10H3,(H,25,28)/t17-,18?/m0/s1. The van der Waals surface area contributed by atoms with Gasteiger partial charge in [-0.2, -0.15) is 4.90 Å². The van der Waals surface area contributed by atoms with Crippen molar-refractivity contribution in [3.8, 4) is 0 Å². The van der Waals surface area contributed by atoms with Gasteiger partial charge in [0, 0.05) is 14.0 Å². The molecule has 0 aromatic carbocycles. The molecule has 0 aromatic rings. The van der Waals surface area contributed by atoms with Crippen LogP contribution in [0, 0.1) is 5.92 Å². The Labute approximate surface area is 208 Å². The molecule has 0 aliphatic carbocycles. The second-order valence-corrected chi connectivity index (χ2v) is 10.5. The van der Waals surface area contributed by atoms with Crippen molar-refractivity contribution in [2.45, 2.75) is 105 Å². The maximum Gasteiger partial charge on any atom is 0.420 e. The van der Waals surface area contributed by atoms with Gasteiger partial charge in [0.2, 0.25) is 0 Å². The summed E-state index contributed by atoms with van der Waals surface area (Å²) in [5.74, 6) is -1.97. The number of imide groups is 1. The van der Waals surface area contributed by atoms with Crippen molar-refractivity contribution in [2.24, 2.45) is 5.92 Å². The summed E-state index contributed by atoms with van der Waals surface area (Å²) in [6.07, 6.45) is -3.13. The number of ether oxygens (including phenoxy) is 4. The number of hydrogen-bond donors (Lipinski definition) is 1. The lowest BCUT2D eigenvalue weighted by Crippen LogP contribution is -2.52. The van der Waals surface area contributed by atoms with Crippen molar-refractivity contribution < 1.29 is 42.9 Å².